The molecular weight excluding hydrogens is 238 g/mol. The van der Waals surface area contributed by atoms with Gasteiger partial charge in [-0.25, -0.2) is 4.21 Å². The molecule has 1 aromatic heterocycles. The Morgan fingerprint density at radius 3 is 2.47 bits per heavy atom. The Labute approximate surface area is 102 Å². The quantitative estimate of drug-likeness (QED) is 0.848. The fourth-order valence-electron chi connectivity index (χ4n) is 1.54. The lowest BCUT2D eigenvalue weighted by atomic mass is 10.1. The topological polar surface area (TPSA) is 59.4 Å². The molecule has 0 aliphatic rings. The fourth-order valence-corrected chi connectivity index (χ4v) is 2.09. The molecule has 0 aliphatic carbocycles. The van der Waals surface area contributed by atoms with Crippen LogP contribution in [0.25, 0.3) is 11.1 Å². The molecule has 1 atom stereocenters. The molecule has 5 heteroatoms. The van der Waals surface area contributed by atoms with Crippen LogP contribution in [0.4, 0.5) is 0 Å². The molecule has 1 aromatic carbocycles. The summed E-state index contributed by atoms with van der Waals surface area (Å²) in [5, 5.41) is 0. The molecule has 0 saturated heterocycles. The zero-order valence-corrected chi connectivity index (χ0v) is 9.98. The summed E-state index contributed by atoms with van der Waals surface area (Å²) in [6.45, 7) is 0. The highest BCUT2D eigenvalue weighted by molar-refractivity contribution is 7.79. The highest BCUT2D eigenvalue weighted by Gasteiger charge is 2.10. The zero-order chi connectivity index (χ0) is 12.3. The maximum absolute atomic E-state index is 11.2. The number of rotatable bonds is 3. The van der Waals surface area contributed by atoms with E-state index >= 15 is 0 Å². The van der Waals surface area contributed by atoms with Crippen LogP contribution in [0, 0.1) is 0 Å². The molecule has 0 saturated carbocycles. The average Bonchev–Trinajstić information content (AvgIpc) is 2.39. The van der Waals surface area contributed by atoms with Crippen LogP contribution in [0.2, 0.25) is 0 Å². The third kappa shape index (κ3) is 2.51. The largest absolute Gasteiger partial charge is 0.495 e. The van der Waals surface area contributed by atoms with Crippen LogP contribution in [-0.4, -0.2) is 20.9 Å². The lowest BCUT2D eigenvalue weighted by Crippen LogP contribution is -1.95. The number of hydrogen-bond donors (Lipinski definition) is 1. The number of ether oxygens (including phenoxy) is 1. The van der Waals surface area contributed by atoms with Gasteiger partial charge in [-0.15, -0.1) is 0 Å². The van der Waals surface area contributed by atoms with Gasteiger partial charge in [0.05, 0.1) is 7.11 Å². The van der Waals surface area contributed by atoms with E-state index in [1.165, 1.54) is 7.11 Å². The van der Waals surface area contributed by atoms with Crippen LogP contribution < -0.4 is 4.74 Å². The van der Waals surface area contributed by atoms with Crippen molar-refractivity contribution in [2.24, 2.45) is 0 Å². The van der Waals surface area contributed by atoms with Gasteiger partial charge in [0.2, 0.25) is 0 Å². The van der Waals surface area contributed by atoms with Crippen molar-refractivity contribution in [1.82, 2.24) is 4.98 Å². The molecule has 0 aliphatic heterocycles. The molecular formula is C12H11NO3S. The van der Waals surface area contributed by atoms with E-state index in [0.29, 0.717) is 5.75 Å². The van der Waals surface area contributed by atoms with Crippen molar-refractivity contribution in [1.29, 1.82) is 0 Å². The first-order valence-electron chi connectivity index (χ1n) is 4.91. The van der Waals surface area contributed by atoms with Crippen LogP contribution >= 0.6 is 0 Å². The van der Waals surface area contributed by atoms with Crippen LogP contribution in [-0.2, 0) is 11.1 Å². The zero-order valence-electron chi connectivity index (χ0n) is 9.16. The molecule has 17 heavy (non-hydrogen) atoms. The predicted molar refractivity (Wildman–Crippen MR) is 65.3 cm³/mol. The summed E-state index contributed by atoms with van der Waals surface area (Å²) in [7, 11) is 1.47. The normalized spacial score (nSPS) is 12.1. The highest BCUT2D eigenvalue weighted by Crippen LogP contribution is 2.28. The number of nitrogens with zero attached hydrogens (tertiary/aromatic N) is 1. The molecule has 0 amide bonds. The fraction of sp³-hybridized carbons (Fsp3) is 0.0833. The van der Waals surface area contributed by atoms with Gasteiger partial charge in [-0.1, -0.05) is 6.07 Å². The first kappa shape index (κ1) is 11.8. The summed E-state index contributed by atoms with van der Waals surface area (Å²) in [5.74, 6) is 0.406. The molecule has 0 spiro atoms. The summed E-state index contributed by atoms with van der Waals surface area (Å²) in [6.07, 6.45) is 3.35. The Hall–Kier alpha value is -1.72. The SMILES string of the molecule is COc1ccc(-c2ccncc2)cc1S(=O)O. The lowest BCUT2D eigenvalue weighted by molar-refractivity contribution is 0.402. The minimum absolute atomic E-state index is 0.266. The molecule has 2 aromatic rings. The van der Waals surface area contributed by atoms with E-state index in [9.17, 15) is 8.76 Å². The van der Waals surface area contributed by atoms with Gasteiger partial charge in [-0.05, 0) is 35.4 Å². The van der Waals surface area contributed by atoms with E-state index in [4.69, 9.17) is 4.74 Å². The molecule has 0 bridgehead atoms. The predicted octanol–water partition coefficient (Wildman–Crippen LogP) is 2.34. The number of pyridine rings is 1. The van der Waals surface area contributed by atoms with Crippen molar-refractivity contribution in [2.75, 3.05) is 7.11 Å². The smallest absolute Gasteiger partial charge is 0.190 e. The van der Waals surface area contributed by atoms with Gasteiger partial charge in [0, 0.05) is 12.4 Å². The maximum Gasteiger partial charge on any atom is 0.190 e. The first-order valence-corrected chi connectivity index (χ1v) is 6.02. The number of benzene rings is 1. The van der Waals surface area contributed by atoms with Crippen molar-refractivity contribution in [2.45, 2.75) is 4.90 Å². The van der Waals surface area contributed by atoms with Crippen LogP contribution in [0.15, 0.2) is 47.6 Å². The van der Waals surface area contributed by atoms with Gasteiger partial charge in [-0.3, -0.25) is 4.98 Å². The molecule has 0 fully saturated rings. The van der Waals surface area contributed by atoms with Gasteiger partial charge >= 0.3 is 0 Å². The van der Waals surface area contributed by atoms with E-state index in [2.05, 4.69) is 4.98 Å². The number of aromatic nitrogens is 1. The standard InChI is InChI=1S/C12H11NO3S/c1-16-11-3-2-10(8-12(11)17(14)15)9-4-6-13-7-5-9/h2-8H,1H3,(H,14,15). The summed E-state index contributed by atoms with van der Waals surface area (Å²) in [5.41, 5.74) is 1.79. The van der Waals surface area contributed by atoms with Crippen molar-refractivity contribution in [3.63, 3.8) is 0 Å². The highest BCUT2D eigenvalue weighted by atomic mass is 32.2. The van der Waals surface area contributed by atoms with E-state index < -0.39 is 11.1 Å². The Kier molecular flexibility index (Phi) is 3.51. The second-order valence-corrected chi connectivity index (χ2v) is 4.29. The Bertz CT molecular complexity index is 543. The molecule has 1 unspecified atom stereocenters. The Morgan fingerprint density at radius 1 is 1.18 bits per heavy atom. The summed E-state index contributed by atoms with van der Waals surface area (Å²) in [6, 6.07) is 8.84. The van der Waals surface area contributed by atoms with Crippen molar-refractivity contribution >= 4 is 11.1 Å². The second-order valence-electron chi connectivity index (χ2n) is 3.35. The lowest BCUT2D eigenvalue weighted by Gasteiger charge is -2.07. The van der Waals surface area contributed by atoms with Crippen LogP contribution in [0.1, 0.15) is 0 Å². The summed E-state index contributed by atoms with van der Waals surface area (Å²) >= 11 is -2.07. The maximum atomic E-state index is 11.2. The van der Waals surface area contributed by atoms with Crippen molar-refractivity contribution < 1.29 is 13.5 Å². The van der Waals surface area contributed by atoms with Crippen LogP contribution in [0.5, 0.6) is 5.75 Å². The minimum Gasteiger partial charge on any atom is -0.495 e. The third-order valence-corrected chi connectivity index (χ3v) is 3.06. The molecule has 1 heterocycles. The first-order chi connectivity index (χ1) is 8.22. The van der Waals surface area contributed by atoms with Gasteiger partial charge in [-0.2, -0.15) is 0 Å². The van der Waals surface area contributed by atoms with Gasteiger partial charge in [0.1, 0.15) is 10.6 Å². The van der Waals surface area contributed by atoms with Gasteiger partial charge in [0.15, 0.2) is 11.1 Å². The average molecular weight is 249 g/mol. The van der Waals surface area contributed by atoms with Crippen LogP contribution in [0.3, 0.4) is 0 Å². The molecule has 2 rings (SSSR count). The Morgan fingerprint density at radius 2 is 1.88 bits per heavy atom. The Balaban J connectivity index is 2.51. The second kappa shape index (κ2) is 5.07. The summed E-state index contributed by atoms with van der Waals surface area (Å²) < 4.78 is 25.4. The molecule has 1 N–H and O–H groups in total. The van der Waals surface area contributed by atoms with E-state index in [0.717, 1.165) is 11.1 Å². The van der Waals surface area contributed by atoms with Crippen molar-refractivity contribution in [3.05, 3.63) is 42.7 Å². The van der Waals surface area contributed by atoms with Crippen molar-refractivity contribution in [3.8, 4) is 16.9 Å². The van der Waals surface area contributed by atoms with E-state index in [1.54, 1.807) is 24.5 Å². The monoisotopic (exact) mass is 249 g/mol. The third-order valence-electron chi connectivity index (χ3n) is 2.37. The molecule has 88 valence electrons. The number of hydrogen-bond acceptors (Lipinski definition) is 3. The summed E-state index contributed by atoms with van der Waals surface area (Å²) in [4.78, 5) is 4.19. The minimum atomic E-state index is -2.07. The van der Waals surface area contributed by atoms with E-state index in [1.807, 2.05) is 18.2 Å². The molecule has 4 nitrogen and oxygen atoms in total. The molecule has 0 radical (unpaired) electrons. The van der Waals surface area contributed by atoms with Gasteiger partial charge in [0.25, 0.3) is 0 Å². The number of methoxy groups -OCH3 is 1. The van der Waals surface area contributed by atoms with Gasteiger partial charge < -0.3 is 9.29 Å². The van der Waals surface area contributed by atoms with E-state index in [-0.39, 0.29) is 4.90 Å².